The molecular formula is C13H8BrClFNO. The van der Waals surface area contributed by atoms with Crippen LogP contribution in [-0.4, -0.2) is 5.91 Å². The van der Waals surface area contributed by atoms with Gasteiger partial charge in [-0.25, -0.2) is 4.39 Å². The minimum absolute atomic E-state index is 0.298. The highest BCUT2D eigenvalue weighted by atomic mass is 79.9. The molecule has 0 aliphatic rings. The van der Waals surface area contributed by atoms with Crippen LogP contribution in [0.5, 0.6) is 0 Å². The van der Waals surface area contributed by atoms with Gasteiger partial charge >= 0.3 is 0 Å². The highest BCUT2D eigenvalue weighted by molar-refractivity contribution is 9.10. The van der Waals surface area contributed by atoms with Crippen molar-refractivity contribution in [3.63, 3.8) is 0 Å². The van der Waals surface area contributed by atoms with Crippen molar-refractivity contribution in [1.29, 1.82) is 0 Å². The lowest BCUT2D eigenvalue weighted by Crippen LogP contribution is -2.11. The first-order chi connectivity index (χ1) is 8.49. The normalized spacial score (nSPS) is 10.4. The van der Waals surface area contributed by atoms with Gasteiger partial charge in [0.1, 0.15) is 5.82 Å². The molecule has 5 heteroatoms. The molecule has 0 heterocycles. The topological polar surface area (TPSA) is 43.1 Å². The molecule has 2 rings (SSSR count). The minimum atomic E-state index is -0.578. The summed E-state index contributed by atoms with van der Waals surface area (Å²) < 4.78 is 14.3. The number of hydrogen-bond acceptors (Lipinski definition) is 1. The number of carbonyl (C=O) groups is 1. The summed E-state index contributed by atoms with van der Waals surface area (Å²) in [5, 5.41) is 0.426. The highest BCUT2D eigenvalue weighted by Crippen LogP contribution is 2.29. The van der Waals surface area contributed by atoms with E-state index in [0.717, 1.165) is 0 Å². The largest absolute Gasteiger partial charge is 0.366 e. The molecular weight excluding hydrogens is 321 g/mol. The Morgan fingerprint density at radius 3 is 2.61 bits per heavy atom. The van der Waals surface area contributed by atoms with Crippen molar-refractivity contribution in [2.45, 2.75) is 0 Å². The Kier molecular flexibility index (Phi) is 3.68. The summed E-state index contributed by atoms with van der Waals surface area (Å²) in [6.07, 6.45) is 0. The van der Waals surface area contributed by atoms with Gasteiger partial charge in [0.05, 0.1) is 5.56 Å². The summed E-state index contributed by atoms with van der Waals surface area (Å²) in [5.41, 5.74) is 6.42. The Bertz CT molecular complexity index is 630. The third-order valence-electron chi connectivity index (χ3n) is 2.47. The summed E-state index contributed by atoms with van der Waals surface area (Å²) in [5.74, 6) is -0.983. The van der Waals surface area contributed by atoms with E-state index in [2.05, 4.69) is 15.9 Å². The van der Waals surface area contributed by atoms with Crippen LogP contribution in [0.2, 0.25) is 5.02 Å². The molecule has 2 aromatic rings. The van der Waals surface area contributed by atoms with Crippen molar-refractivity contribution in [2.24, 2.45) is 5.73 Å². The molecule has 0 radical (unpaired) electrons. The molecule has 0 aliphatic heterocycles. The van der Waals surface area contributed by atoms with E-state index in [9.17, 15) is 9.18 Å². The molecule has 0 aromatic heterocycles. The smallest absolute Gasteiger partial charge is 0.249 e. The second-order valence-electron chi connectivity index (χ2n) is 3.68. The molecule has 2 N–H and O–H groups in total. The number of carbonyl (C=O) groups excluding carboxylic acids is 1. The highest BCUT2D eigenvalue weighted by Gasteiger charge is 2.11. The number of primary amides is 1. The predicted molar refractivity (Wildman–Crippen MR) is 73.1 cm³/mol. The number of halogens is 3. The molecule has 0 atom stereocenters. The number of benzene rings is 2. The van der Waals surface area contributed by atoms with Gasteiger partial charge in [-0.2, -0.15) is 0 Å². The number of rotatable bonds is 2. The zero-order valence-electron chi connectivity index (χ0n) is 9.08. The first kappa shape index (κ1) is 13.1. The lowest BCUT2D eigenvalue weighted by Gasteiger charge is -2.07. The van der Waals surface area contributed by atoms with E-state index < -0.39 is 11.7 Å². The summed E-state index contributed by atoms with van der Waals surface area (Å²) in [4.78, 5) is 11.2. The summed E-state index contributed by atoms with van der Waals surface area (Å²) >= 11 is 9.05. The average molecular weight is 329 g/mol. The molecule has 1 amide bonds. The van der Waals surface area contributed by atoms with Crippen LogP contribution in [0.1, 0.15) is 10.4 Å². The zero-order chi connectivity index (χ0) is 13.3. The predicted octanol–water partition coefficient (Wildman–Crippen LogP) is 4.01. The fraction of sp³-hybridized carbons (Fsp3) is 0. The number of amides is 1. The number of hydrogen-bond donors (Lipinski definition) is 1. The van der Waals surface area contributed by atoms with Crippen molar-refractivity contribution in [3.8, 4) is 11.1 Å². The zero-order valence-corrected chi connectivity index (χ0v) is 11.4. The summed E-state index contributed by atoms with van der Waals surface area (Å²) in [7, 11) is 0. The monoisotopic (exact) mass is 327 g/mol. The summed E-state index contributed by atoms with van der Waals surface area (Å²) in [6.45, 7) is 0. The molecule has 0 bridgehead atoms. The molecule has 2 aromatic carbocycles. The van der Waals surface area contributed by atoms with Gasteiger partial charge in [0.15, 0.2) is 0 Å². The van der Waals surface area contributed by atoms with E-state index in [1.165, 1.54) is 24.3 Å². The van der Waals surface area contributed by atoms with Crippen LogP contribution in [0.4, 0.5) is 4.39 Å². The van der Waals surface area contributed by atoms with Crippen molar-refractivity contribution >= 4 is 33.4 Å². The van der Waals surface area contributed by atoms with E-state index in [-0.39, 0.29) is 0 Å². The van der Waals surface area contributed by atoms with E-state index in [4.69, 9.17) is 17.3 Å². The lowest BCUT2D eigenvalue weighted by atomic mass is 10.0. The van der Waals surface area contributed by atoms with Crippen LogP contribution in [0, 0.1) is 5.82 Å². The Labute approximate surface area is 117 Å². The van der Waals surface area contributed by atoms with Crippen LogP contribution in [0.15, 0.2) is 40.9 Å². The van der Waals surface area contributed by atoms with Crippen molar-refractivity contribution in [3.05, 3.63) is 57.3 Å². The fourth-order valence-corrected chi connectivity index (χ4v) is 2.21. The maximum atomic E-state index is 13.7. The molecule has 0 fully saturated rings. The molecule has 92 valence electrons. The second kappa shape index (κ2) is 5.08. The molecule has 2 nitrogen and oxygen atoms in total. The maximum absolute atomic E-state index is 13.7. The van der Waals surface area contributed by atoms with Gasteiger partial charge < -0.3 is 5.73 Å². The fourth-order valence-electron chi connectivity index (χ4n) is 1.60. The molecule has 0 spiro atoms. The van der Waals surface area contributed by atoms with Crippen LogP contribution < -0.4 is 5.73 Å². The molecule has 0 unspecified atom stereocenters. The van der Waals surface area contributed by atoms with Gasteiger partial charge in [0, 0.05) is 15.1 Å². The second-order valence-corrected chi connectivity index (χ2v) is 4.97. The van der Waals surface area contributed by atoms with Gasteiger partial charge in [-0.3, -0.25) is 4.79 Å². The van der Waals surface area contributed by atoms with E-state index in [1.54, 1.807) is 12.1 Å². The van der Waals surface area contributed by atoms with Crippen LogP contribution in [-0.2, 0) is 0 Å². The van der Waals surface area contributed by atoms with Gasteiger partial charge in [-0.1, -0.05) is 17.7 Å². The Balaban J connectivity index is 2.61. The maximum Gasteiger partial charge on any atom is 0.249 e. The Hall–Kier alpha value is -1.39. The van der Waals surface area contributed by atoms with Crippen molar-refractivity contribution in [1.82, 2.24) is 0 Å². The van der Waals surface area contributed by atoms with Gasteiger partial charge in [-0.05, 0) is 51.8 Å². The van der Waals surface area contributed by atoms with E-state index in [1.807, 2.05) is 0 Å². The van der Waals surface area contributed by atoms with E-state index >= 15 is 0 Å². The van der Waals surface area contributed by atoms with Crippen molar-refractivity contribution in [2.75, 3.05) is 0 Å². The van der Waals surface area contributed by atoms with Crippen LogP contribution >= 0.6 is 27.5 Å². The third-order valence-corrected chi connectivity index (χ3v) is 3.40. The van der Waals surface area contributed by atoms with Gasteiger partial charge in [-0.15, -0.1) is 0 Å². The van der Waals surface area contributed by atoms with Gasteiger partial charge in [0.25, 0.3) is 0 Å². The lowest BCUT2D eigenvalue weighted by molar-refractivity contribution is 0.0999. The standard InChI is InChI=1S/C13H8BrClFNO/c14-11-3-1-7(5-10(11)13(17)18)9-6-8(15)2-4-12(9)16/h1-6H,(H2,17,18). The molecule has 0 saturated heterocycles. The molecule has 0 saturated carbocycles. The summed E-state index contributed by atoms with van der Waals surface area (Å²) in [6, 6.07) is 9.12. The molecule has 18 heavy (non-hydrogen) atoms. The third kappa shape index (κ3) is 2.54. The van der Waals surface area contributed by atoms with Gasteiger partial charge in [0.2, 0.25) is 5.91 Å². The first-order valence-electron chi connectivity index (χ1n) is 5.04. The first-order valence-corrected chi connectivity index (χ1v) is 6.21. The quantitative estimate of drug-likeness (QED) is 0.889. The number of nitrogens with two attached hydrogens (primary N) is 1. The SMILES string of the molecule is NC(=O)c1cc(-c2cc(Cl)ccc2F)ccc1Br. The minimum Gasteiger partial charge on any atom is -0.366 e. The van der Waals surface area contributed by atoms with Crippen LogP contribution in [0.25, 0.3) is 11.1 Å². The van der Waals surface area contributed by atoms with E-state index in [0.29, 0.717) is 26.2 Å². The Morgan fingerprint density at radius 2 is 1.94 bits per heavy atom. The van der Waals surface area contributed by atoms with Crippen LogP contribution in [0.3, 0.4) is 0 Å². The van der Waals surface area contributed by atoms with Crippen molar-refractivity contribution < 1.29 is 9.18 Å². The average Bonchev–Trinajstić information content (AvgIpc) is 2.33. The molecule has 0 aliphatic carbocycles. The Morgan fingerprint density at radius 1 is 1.22 bits per heavy atom.